The molecular weight excluding hydrogens is 284 g/mol. The van der Waals surface area contributed by atoms with Crippen molar-refractivity contribution in [1.29, 1.82) is 0 Å². The molecule has 4 fully saturated rings. The number of aromatic nitrogens is 3. The minimum atomic E-state index is -1.13. The van der Waals surface area contributed by atoms with E-state index in [0.29, 0.717) is 0 Å². The van der Waals surface area contributed by atoms with Crippen LogP contribution in [-0.2, 0) is 11.3 Å². The van der Waals surface area contributed by atoms with Crippen LogP contribution < -0.4 is 5.32 Å². The fraction of sp³-hybridized carbons (Fsp3) is 0.733. The first-order chi connectivity index (χ1) is 10.5. The van der Waals surface area contributed by atoms with Crippen molar-refractivity contribution in [3.63, 3.8) is 0 Å². The second-order valence-electron chi connectivity index (χ2n) is 7.35. The summed E-state index contributed by atoms with van der Waals surface area (Å²) in [5.74, 6) is 1.10. The first kappa shape index (κ1) is 13.7. The zero-order chi connectivity index (χ0) is 15.3. The van der Waals surface area contributed by atoms with Gasteiger partial charge in [0, 0.05) is 5.54 Å². The molecule has 0 saturated heterocycles. The summed E-state index contributed by atoms with van der Waals surface area (Å²) >= 11 is 0. The van der Waals surface area contributed by atoms with E-state index in [0.717, 1.165) is 37.0 Å². The smallest absolute Gasteiger partial charge is 0.358 e. The summed E-state index contributed by atoms with van der Waals surface area (Å²) < 4.78 is 1.29. The molecule has 22 heavy (non-hydrogen) atoms. The molecule has 4 bridgehead atoms. The van der Waals surface area contributed by atoms with Crippen LogP contribution in [0.25, 0.3) is 0 Å². The largest absolute Gasteiger partial charge is 0.476 e. The molecule has 1 heterocycles. The van der Waals surface area contributed by atoms with Crippen LogP contribution in [-0.4, -0.2) is 37.5 Å². The molecular formula is C15H20N4O3. The lowest BCUT2D eigenvalue weighted by atomic mass is 9.53. The highest BCUT2D eigenvalue weighted by Crippen LogP contribution is 2.55. The van der Waals surface area contributed by atoms with E-state index in [1.165, 1.54) is 30.1 Å². The standard InChI is InChI=1S/C15H20N4O3/c20-13(8-19-7-12(14(21)22)17-18-19)16-15-4-9-1-10(5-15)3-11(2-9)6-15/h7,9-11H,1-6,8H2,(H,16,20)(H,21,22). The number of carbonyl (C=O) groups excluding carboxylic acids is 1. The van der Waals surface area contributed by atoms with Gasteiger partial charge in [-0.1, -0.05) is 5.21 Å². The summed E-state index contributed by atoms with van der Waals surface area (Å²) in [5, 5.41) is 19.3. The van der Waals surface area contributed by atoms with E-state index in [-0.39, 0.29) is 23.7 Å². The number of nitrogens with one attached hydrogen (secondary N) is 1. The maximum atomic E-state index is 12.3. The summed E-state index contributed by atoms with van der Waals surface area (Å²) in [6, 6.07) is 0. The number of nitrogens with zero attached hydrogens (tertiary/aromatic N) is 3. The normalized spacial score (nSPS) is 35.5. The van der Waals surface area contributed by atoms with Crippen molar-refractivity contribution in [2.45, 2.75) is 50.6 Å². The second-order valence-corrected chi connectivity index (χ2v) is 7.35. The number of aromatic carboxylic acids is 1. The third-order valence-corrected chi connectivity index (χ3v) is 5.51. The lowest BCUT2D eigenvalue weighted by Crippen LogP contribution is -2.60. The molecule has 1 aromatic heterocycles. The summed E-state index contributed by atoms with van der Waals surface area (Å²) in [5.41, 5.74) is -0.162. The van der Waals surface area contributed by atoms with Crippen molar-refractivity contribution in [3.8, 4) is 0 Å². The second kappa shape index (κ2) is 4.79. The van der Waals surface area contributed by atoms with E-state index >= 15 is 0 Å². The summed E-state index contributed by atoms with van der Waals surface area (Å²) in [4.78, 5) is 23.1. The molecule has 7 heteroatoms. The number of hydrogen-bond acceptors (Lipinski definition) is 4. The number of rotatable bonds is 4. The predicted molar refractivity (Wildman–Crippen MR) is 76.0 cm³/mol. The molecule has 1 amide bonds. The molecule has 4 saturated carbocycles. The first-order valence-electron chi connectivity index (χ1n) is 7.96. The Morgan fingerprint density at radius 3 is 2.32 bits per heavy atom. The average Bonchev–Trinajstić information content (AvgIpc) is 2.84. The lowest BCUT2D eigenvalue weighted by molar-refractivity contribution is -0.127. The molecule has 7 nitrogen and oxygen atoms in total. The number of carboxylic acid groups (broad SMARTS) is 1. The van der Waals surface area contributed by atoms with Crippen LogP contribution >= 0.6 is 0 Å². The zero-order valence-electron chi connectivity index (χ0n) is 12.4. The van der Waals surface area contributed by atoms with Gasteiger partial charge < -0.3 is 10.4 Å². The highest BCUT2D eigenvalue weighted by Gasteiger charge is 2.51. The Morgan fingerprint density at radius 2 is 1.82 bits per heavy atom. The van der Waals surface area contributed by atoms with Gasteiger partial charge in [0.2, 0.25) is 5.91 Å². The van der Waals surface area contributed by atoms with Crippen LogP contribution in [0, 0.1) is 17.8 Å². The molecule has 0 aromatic carbocycles. The summed E-state index contributed by atoms with van der Waals surface area (Å²) in [6.07, 6.45) is 8.59. The van der Waals surface area contributed by atoms with Gasteiger partial charge in [-0.05, 0) is 56.3 Å². The van der Waals surface area contributed by atoms with E-state index in [1.54, 1.807) is 0 Å². The monoisotopic (exact) mass is 304 g/mol. The Balaban J connectivity index is 1.42. The first-order valence-corrected chi connectivity index (χ1v) is 7.96. The Kier molecular flexibility index (Phi) is 2.99. The lowest BCUT2D eigenvalue weighted by Gasteiger charge is -2.56. The van der Waals surface area contributed by atoms with Gasteiger partial charge in [0.05, 0.1) is 6.20 Å². The van der Waals surface area contributed by atoms with E-state index in [4.69, 9.17) is 5.11 Å². The number of hydrogen-bond donors (Lipinski definition) is 2. The van der Waals surface area contributed by atoms with E-state index in [2.05, 4.69) is 15.6 Å². The topological polar surface area (TPSA) is 97.1 Å². The molecule has 0 spiro atoms. The molecule has 0 atom stereocenters. The van der Waals surface area contributed by atoms with Crippen molar-refractivity contribution in [1.82, 2.24) is 20.3 Å². The third kappa shape index (κ3) is 2.38. The van der Waals surface area contributed by atoms with Gasteiger partial charge in [0.25, 0.3) is 0 Å². The Morgan fingerprint density at radius 1 is 1.23 bits per heavy atom. The van der Waals surface area contributed by atoms with Crippen molar-refractivity contribution >= 4 is 11.9 Å². The molecule has 0 unspecified atom stereocenters. The summed E-state index contributed by atoms with van der Waals surface area (Å²) in [6.45, 7) is 0.0298. The highest BCUT2D eigenvalue weighted by atomic mass is 16.4. The van der Waals surface area contributed by atoms with Gasteiger partial charge in [-0.15, -0.1) is 5.10 Å². The third-order valence-electron chi connectivity index (χ3n) is 5.51. The van der Waals surface area contributed by atoms with Crippen LogP contribution in [0.1, 0.15) is 49.0 Å². The molecule has 2 N–H and O–H groups in total. The summed E-state index contributed by atoms with van der Waals surface area (Å²) in [7, 11) is 0. The number of carbonyl (C=O) groups is 2. The van der Waals surface area contributed by atoms with E-state index < -0.39 is 5.97 Å². The Bertz CT molecular complexity index is 589. The fourth-order valence-corrected chi connectivity index (χ4v) is 5.22. The van der Waals surface area contributed by atoms with Crippen LogP contribution in [0.5, 0.6) is 0 Å². The van der Waals surface area contributed by atoms with Gasteiger partial charge >= 0.3 is 5.97 Å². The number of carboxylic acids is 1. The van der Waals surface area contributed by atoms with Gasteiger partial charge in [0.15, 0.2) is 5.69 Å². The van der Waals surface area contributed by atoms with Crippen molar-refractivity contribution in [2.24, 2.45) is 17.8 Å². The molecule has 4 aliphatic rings. The minimum absolute atomic E-state index is 0.0258. The van der Waals surface area contributed by atoms with Gasteiger partial charge in [-0.3, -0.25) is 4.79 Å². The molecule has 5 rings (SSSR count). The molecule has 118 valence electrons. The minimum Gasteiger partial charge on any atom is -0.476 e. The average molecular weight is 304 g/mol. The maximum absolute atomic E-state index is 12.3. The Labute approximate surface area is 128 Å². The fourth-order valence-electron chi connectivity index (χ4n) is 5.22. The van der Waals surface area contributed by atoms with Gasteiger partial charge in [0.1, 0.15) is 6.54 Å². The SMILES string of the molecule is O=C(Cn1cc(C(=O)O)nn1)NC12CC3CC(CC(C3)C1)C2. The van der Waals surface area contributed by atoms with E-state index in [1.807, 2.05) is 0 Å². The van der Waals surface area contributed by atoms with Gasteiger partial charge in [-0.2, -0.15) is 0 Å². The van der Waals surface area contributed by atoms with Crippen molar-refractivity contribution in [3.05, 3.63) is 11.9 Å². The predicted octanol–water partition coefficient (Wildman–Crippen LogP) is 1.06. The molecule has 1 aromatic rings. The van der Waals surface area contributed by atoms with Gasteiger partial charge in [-0.25, -0.2) is 9.48 Å². The number of amides is 1. The molecule has 4 aliphatic carbocycles. The van der Waals surface area contributed by atoms with Crippen LogP contribution in [0.3, 0.4) is 0 Å². The van der Waals surface area contributed by atoms with Crippen molar-refractivity contribution in [2.75, 3.05) is 0 Å². The van der Waals surface area contributed by atoms with Crippen LogP contribution in [0.15, 0.2) is 6.20 Å². The zero-order valence-corrected chi connectivity index (χ0v) is 12.4. The quantitative estimate of drug-likeness (QED) is 0.867. The Hall–Kier alpha value is -1.92. The highest BCUT2D eigenvalue weighted by molar-refractivity contribution is 5.84. The van der Waals surface area contributed by atoms with Crippen LogP contribution in [0.2, 0.25) is 0 Å². The van der Waals surface area contributed by atoms with Crippen LogP contribution in [0.4, 0.5) is 0 Å². The van der Waals surface area contributed by atoms with Crippen molar-refractivity contribution < 1.29 is 14.7 Å². The molecule has 0 radical (unpaired) electrons. The molecule has 0 aliphatic heterocycles. The maximum Gasteiger partial charge on any atom is 0.358 e. The van der Waals surface area contributed by atoms with E-state index in [9.17, 15) is 9.59 Å².